The number of pyridine rings is 1. The lowest BCUT2D eigenvalue weighted by Crippen LogP contribution is -2.43. The third-order valence-corrected chi connectivity index (χ3v) is 5.10. The van der Waals surface area contributed by atoms with Crippen LogP contribution in [-0.4, -0.2) is 39.0 Å². The van der Waals surface area contributed by atoms with Gasteiger partial charge in [-0.1, -0.05) is 48.5 Å². The second-order valence-corrected chi connectivity index (χ2v) is 7.40. The van der Waals surface area contributed by atoms with Crippen LogP contribution in [0, 0.1) is 6.92 Å². The highest BCUT2D eigenvalue weighted by Gasteiger charge is 2.27. The van der Waals surface area contributed by atoms with Crippen LogP contribution in [0.5, 0.6) is 0 Å². The highest BCUT2D eigenvalue weighted by molar-refractivity contribution is 6.10. The lowest BCUT2D eigenvalue weighted by atomic mass is 10.1. The molecule has 4 rings (SSSR count). The largest absolute Gasteiger partial charge is 0.481 e. The number of ether oxygens (including phenoxy) is 1. The molecule has 8 heteroatoms. The number of rotatable bonds is 7. The maximum atomic E-state index is 12.9. The smallest absolute Gasteiger partial charge is 0.329 e. The van der Waals surface area contributed by atoms with Crippen LogP contribution >= 0.6 is 0 Å². The molecular formula is C24H21N3O5. The number of carbonyl (C=O) groups is 3. The zero-order chi connectivity index (χ0) is 22.7. The summed E-state index contributed by atoms with van der Waals surface area (Å²) in [6.45, 7) is 1.75. The van der Waals surface area contributed by atoms with Gasteiger partial charge in [-0.3, -0.25) is 9.59 Å². The number of carboxylic acids is 1. The fourth-order valence-electron chi connectivity index (χ4n) is 3.55. The SMILES string of the molecule is Cc1nc(C(=O)N[C@@H](CC(=O)O)C(=O)OCc2ccccc2)cc2c1[nH]c1ccccc12. The van der Waals surface area contributed by atoms with Crippen molar-refractivity contribution in [1.29, 1.82) is 0 Å². The Morgan fingerprint density at radius 3 is 2.53 bits per heavy atom. The second kappa shape index (κ2) is 8.89. The van der Waals surface area contributed by atoms with Crippen LogP contribution in [0.25, 0.3) is 21.8 Å². The normalized spacial score (nSPS) is 11.9. The van der Waals surface area contributed by atoms with Crippen LogP contribution in [-0.2, 0) is 20.9 Å². The number of para-hydroxylation sites is 1. The van der Waals surface area contributed by atoms with E-state index in [9.17, 15) is 19.5 Å². The number of fused-ring (bicyclic) bond motifs is 3. The Morgan fingerprint density at radius 2 is 1.78 bits per heavy atom. The topological polar surface area (TPSA) is 121 Å². The Kier molecular flexibility index (Phi) is 5.85. The summed E-state index contributed by atoms with van der Waals surface area (Å²) >= 11 is 0. The summed E-state index contributed by atoms with van der Waals surface area (Å²) in [7, 11) is 0. The summed E-state index contributed by atoms with van der Waals surface area (Å²) in [4.78, 5) is 44.3. The number of aromatic nitrogens is 2. The van der Waals surface area contributed by atoms with Crippen molar-refractivity contribution >= 4 is 39.7 Å². The van der Waals surface area contributed by atoms with Gasteiger partial charge in [-0.2, -0.15) is 0 Å². The van der Waals surface area contributed by atoms with E-state index in [0.29, 0.717) is 5.69 Å². The maximum Gasteiger partial charge on any atom is 0.329 e. The van der Waals surface area contributed by atoms with Crippen LogP contribution in [0.1, 0.15) is 28.2 Å². The van der Waals surface area contributed by atoms with Gasteiger partial charge in [0.15, 0.2) is 0 Å². The van der Waals surface area contributed by atoms with Crippen LogP contribution in [0.4, 0.5) is 0 Å². The number of nitrogens with zero attached hydrogens (tertiary/aromatic N) is 1. The van der Waals surface area contributed by atoms with Crippen molar-refractivity contribution in [3.63, 3.8) is 0 Å². The van der Waals surface area contributed by atoms with E-state index in [1.165, 1.54) is 0 Å². The average molecular weight is 431 g/mol. The molecule has 0 saturated carbocycles. The molecule has 2 aromatic heterocycles. The van der Waals surface area contributed by atoms with E-state index in [1.54, 1.807) is 37.3 Å². The molecule has 2 heterocycles. The molecule has 1 amide bonds. The summed E-state index contributed by atoms with van der Waals surface area (Å²) in [5, 5.41) is 13.4. The molecule has 162 valence electrons. The third-order valence-electron chi connectivity index (χ3n) is 5.10. The third kappa shape index (κ3) is 4.44. The van der Waals surface area contributed by atoms with Crippen LogP contribution in [0.15, 0.2) is 60.7 Å². The van der Waals surface area contributed by atoms with Crippen LogP contribution in [0.3, 0.4) is 0 Å². The van der Waals surface area contributed by atoms with Crippen molar-refractivity contribution in [2.75, 3.05) is 0 Å². The van der Waals surface area contributed by atoms with Gasteiger partial charge < -0.3 is 20.1 Å². The lowest BCUT2D eigenvalue weighted by molar-refractivity contribution is -0.151. The van der Waals surface area contributed by atoms with Gasteiger partial charge in [0.1, 0.15) is 18.3 Å². The van der Waals surface area contributed by atoms with Crippen molar-refractivity contribution in [2.24, 2.45) is 0 Å². The number of aliphatic carboxylic acids is 1. The van der Waals surface area contributed by atoms with E-state index in [2.05, 4.69) is 15.3 Å². The van der Waals surface area contributed by atoms with Gasteiger partial charge in [-0.05, 0) is 24.6 Å². The highest BCUT2D eigenvalue weighted by atomic mass is 16.5. The predicted molar refractivity (Wildman–Crippen MR) is 118 cm³/mol. The molecule has 0 aliphatic carbocycles. The number of aromatic amines is 1. The van der Waals surface area contributed by atoms with Crippen molar-refractivity contribution < 1.29 is 24.2 Å². The summed E-state index contributed by atoms with van der Waals surface area (Å²) in [5.74, 6) is -2.71. The maximum absolute atomic E-state index is 12.9. The van der Waals surface area contributed by atoms with E-state index in [4.69, 9.17) is 4.74 Å². The zero-order valence-electron chi connectivity index (χ0n) is 17.3. The quantitative estimate of drug-likeness (QED) is 0.386. The first-order chi connectivity index (χ1) is 15.4. The van der Waals surface area contributed by atoms with Crippen molar-refractivity contribution in [1.82, 2.24) is 15.3 Å². The van der Waals surface area contributed by atoms with E-state index in [0.717, 1.165) is 27.4 Å². The Bertz CT molecular complexity index is 1310. The first kappa shape index (κ1) is 21.0. The molecule has 3 N–H and O–H groups in total. The van der Waals surface area contributed by atoms with Gasteiger partial charge >= 0.3 is 11.9 Å². The summed E-state index contributed by atoms with van der Waals surface area (Å²) in [6, 6.07) is 16.9. The van der Waals surface area contributed by atoms with Crippen LogP contribution in [0.2, 0.25) is 0 Å². The molecule has 2 aromatic carbocycles. The molecular weight excluding hydrogens is 410 g/mol. The number of carboxylic acid groups (broad SMARTS) is 1. The van der Waals surface area contributed by atoms with Gasteiger partial charge in [-0.15, -0.1) is 0 Å². The first-order valence-electron chi connectivity index (χ1n) is 10.0. The monoisotopic (exact) mass is 431 g/mol. The number of H-pyrrole nitrogens is 1. The fraction of sp³-hybridized carbons (Fsp3) is 0.167. The minimum atomic E-state index is -1.34. The second-order valence-electron chi connectivity index (χ2n) is 7.40. The number of hydrogen-bond acceptors (Lipinski definition) is 5. The lowest BCUT2D eigenvalue weighted by Gasteiger charge is -2.16. The van der Waals surface area contributed by atoms with Gasteiger partial charge in [-0.25, -0.2) is 9.78 Å². The van der Waals surface area contributed by atoms with E-state index in [-0.39, 0.29) is 12.3 Å². The van der Waals surface area contributed by atoms with E-state index < -0.39 is 30.3 Å². The molecule has 4 aromatic rings. The number of amides is 1. The minimum absolute atomic E-state index is 0.0235. The van der Waals surface area contributed by atoms with E-state index in [1.807, 2.05) is 30.3 Å². The van der Waals surface area contributed by atoms with Crippen molar-refractivity contribution in [2.45, 2.75) is 26.0 Å². The Labute approximate surface area is 183 Å². The number of benzene rings is 2. The molecule has 0 bridgehead atoms. The van der Waals surface area contributed by atoms with Crippen LogP contribution < -0.4 is 5.32 Å². The molecule has 0 unspecified atom stereocenters. The van der Waals surface area contributed by atoms with Gasteiger partial charge in [0.05, 0.1) is 17.6 Å². The average Bonchev–Trinajstić information content (AvgIpc) is 3.17. The number of nitrogens with one attached hydrogen (secondary N) is 2. The highest BCUT2D eigenvalue weighted by Crippen LogP contribution is 2.27. The molecule has 0 spiro atoms. The molecule has 0 radical (unpaired) electrons. The van der Waals surface area contributed by atoms with E-state index >= 15 is 0 Å². The van der Waals surface area contributed by atoms with Gasteiger partial charge in [0.2, 0.25) is 0 Å². The predicted octanol–water partition coefficient (Wildman–Crippen LogP) is 3.34. The molecule has 0 aliphatic rings. The molecule has 0 saturated heterocycles. The minimum Gasteiger partial charge on any atom is -0.481 e. The number of carbonyl (C=O) groups excluding carboxylic acids is 2. The first-order valence-corrected chi connectivity index (χ1v) is 10.0. The molecule has 32 heavy (non-hydrogen) atoms. The molecule has 1 atom stereocenters. The summed E-state index contributed by atoms with van der Waals surface area (Å²) < 4.78 is 5.22. The fourth-order valence-corrected chi connectivity index (χ4v) is 3.55. The van der Waals surface area contributed by atoms with Crippen molar-refractivity contribution in [3.8, 4) is 0 Å². The summed E-state index contributed by atoms with van der Waals surface area (Å²) in [6.07, 6.45) is -0.603. The van der Waals surface area contributed by atoms with Crippen molar-refractivity contribution in [3.05, 3.63) is 77.6 Å². The molecule has 0 aliphatic heterocycles. The Morgan fingerprint density at radius 1 is 1.06 bits per heavy atom. The molecule has 0 fully saturated rings. The van der Waals surface area contributed by atoms with Gasteiger partial charge in [0, 0.05) is 16.3 Å². The molecule has 8 nitrogen and oxygen atoms in total. The number of esters is 1. The number of aryl methyl sites for hydroxylation is 1. The van der Waals surface area contributed by atoms with Gasteiger partial charge in [0.25, 0.3) is 5.91 Å². The Hall–Kier alpha value is -4.20. The standard InChI is InChI=1S/C24H21N3O5/c1-14-22-17(16-9-5-6-10-18(16)26-22)11-19(25-14)23(30)27-20(12-21(28)29)24(31)32-13-15-7-3-2-4-8-15/h2-11,20,26H,12-13H2,1H3,(H,27,30)(H,28,29)/t20-/m0/s1. The Balaban J connectivity index is 1.56. The number of hydrogen-bond donors (Lipinski definition) is 3. The summed E-state index contributed by atoms with van der Waals surface area (Å²) in [5.41, 5.74) is 3.19. The zero-order valence-corrected chi connectivity index (χ0v) is 17.3.